The molecule has 29 heavy (non-hydrogen) atoms. The summed E-state index contributed by atoms with van der Waals surface area (Å²) >= 11 is 1.45. The van der Waals surface area contributed by atoms with Crippen molar-refractivity contribution in [3.05, 3.63) is 76.5 Å². The number of aromatic nitrogens is 2. The standard InChI is InChI=1S/C22H24N4O2S/c27-21(19-7-3-10-26(15-19)22(28)20-8-4-12-29-20)24-13-17-5-1-2-6-18(17)14-25-11-9-23-16-25/h1-2,4-6,8-9,11-12,16,19H,3,7,10,13-15H2,(H,24,27). The minimum absolute atomic E-state index is 0.0195. The third-order valence-corrected chi connectivity index (χ3v) is 6.15. The molecule has 1 aromatic carbocycles. The molecule has 1 aliphatic rings. The topological polar surface area (TPSA) is 67.2 Å². The first-order valence-corrected chi connectivity index (χ1v) is 10.7. The van der Waals surface area contributed by atoms with E-state index in [1.807, 2.05) is 51.4 Å². The van der Waals surface area contributed by atoms with E-state index in [-0.39, 0.29) is 17.7 Å². The van der Waals surface area contributed by atoms with Crippen molar-refractivity contribution in [3.63, 3.8) is 0 Å². The monoisotopic (exact) mass is 408 g/mol. The number of imidazole rings is 1. The Balaban J connectivity index is 1.36. The van der Waals surface area contributed by atoms with Gasteiger partial charge in [-0.3, -0.25) is 9.59 Å². The number of benzene rings is 1. The zero-order valence-corrected chi connectivity index (χ0v) is 17.0. The zero-order chi connectivity index (χ0) is 20.1. The van der Waals surface area contributed by atoms with Gasteiger partial charge in [0.05, 0.1) is 17.1 Å². The molecule has 4 rings (SSSR count). The number of thiophene rings is 1. The molecule has 2 aromatic heterocycles. The summed E-state index contributed by atoms with van der Waals surface area (Å²) in [5.74, 6) is -0.109. The van der Waals surface area contributed by atoms with Gasteiger partial charge in [0.2, 0.25) is 5.91 Å². The fourth-order valence-electron chi connectivity index (χ4n) is 3.72. The van der Waals surface area contributed by atoms with Crippen molar-refractivity contribution in [2.75, 3.05) is 13.1 Å². The number of likely N-dealkylation sites (tertiary alicyclic amines) is 1. The molecule has 0 bridgehead atoms. The molecule has 1 unspecified atom stereocenters. The molecule has 1 fully saturated rings. The van der Waals surface area contributed by atoms with Crippen LogP contribution in [0.1, 0.15) is 33.6 Å². The van der Waals surface area contributed by atoms with Gasteiger partial charge >= 0.3 is 0 Å². The first-order valence-electron chi connectivity index (χ1n) is 9.84. The Morgan fingerprint density at radius 3 is 2.79 bits per heavy atom. The van der Waals surface area contributed by atoms with Crippen molar-refractivity contribution in [1.29, 1.82) is 0 Å². The molecule has 3 aromatic rings. The van der Waals surface area contributed by atoms with Crippen molar-refractivity contribution >= 4 is 23.2 Å². The number of hydrogen-bond donors (Lipinski definition) is 1. The maximum Gasteiger partial charge on any atom is 0.263 e. The summed E-state index contributed by atoms with van der Waals surface area (Å²) in [5, 5.41) is 4.99. The van der Waals surface area contributed by atoms with Gasteiger partial charge in [-0.15, -0.1) is 11.3 Å². The fourth-order valence-corrected chi connectivity index (χ4v) is 4.41. The molecule has 150 valence electrons. The van der Waals surface area contributed by atoms with Gasteiger partial charge in [0.1, 0.15) is 0 Å². The predicted octanol–water partition coefficient (Wildman–Crippen LogP) is 3.16. The van der Waals surface area contributed by atoms with Gasteiger partial charge in [-0.2, -0.15) is 0 Å². The molecule has 1 aliphatic heterocycles. The fraction of sp³-hybridized carbons (Fsp3) is 0.318. The van der Waals surface area contributed by atoms with Gasteiger partial charge in [-0.05, 0) is 35.4 Å². The molecular weight excluding hydrogens is 384 g/mol. The quantitative estimate of drug-likeness (QED) is 0.681. The molecule has 1 saturated heterocycles. The Morgan fingerprint density at radius 2 is 2.03 bits per heavy atom. The molecule has 7 heteroatoms. The minimum Gasteiger partial charge on any atom is -0.352 e. The maximum atomic E-state index is 12.8. The number of hydrogen-bond acceptors (Lipinski definition) is 4. The average Bonchev–Trinajstić information content (AvgIpc) is 3.47. The zero-order valence-electron chi connectivity index (χ0n) is 16.2. The first-order chi connectivity index (χ1) is 14.2. The van der Waals surface area contributed by atoms with Gasteiger partial charge in [-0.25, -0.2) is 4.98 Å². The summed E-state index contributed by atoms with van der Waals surface area (Å²) in [6, 6.07) is 11.8. The van der Waals surface area contributed by atoms with Crippen molar-refractivity contribution in [1.82, 2.24) is 19.8 Å². The molecule has 0 radical (unpaired) electrons. The highest BCUT2D eigenvalue weighted by atomic mass is 32.1. The van der Waals surface area contributed by atoms with E-state index in [1.54, 1.807) is 12.5 Å². The number of carbonyl (C=O) groups excluding carboxylic acids is 2. The van der Waals surface area contributed by atoms with Crippen LogP contribution in [-0.2, 0) is 17.9 Å². The number of piperidine rings is 1. The summed E-state index contributed by atoms with van der Waals surface area (Å²) in [6.45, 7) is 2.41. The number of amides is 2. The highest BCUT2D eigenvalue weighted by molar-refractivity contribution is 7.12. The second kappa shape index (κ2) is 9.05. The smallest absolute Gasteiger partial charge is 0.263 e. The van der Waals surface area contributed by atoms with Crippen molar-refractivity contribution in [2.24, 2.45) is 5.92 Å². The Labute approximate surface area is 174 Å². The van der Waals surface area contributed by atoms with Gasteiger partial charge in [0.25, 0.3) is 5.91 Å². The van der Waals surface area contributed by atoms with E-state index < -0.39 is 0 Å². The van der Waals surface area contributed by atoms with Crippen molar-refractivity contribution < 1.29 is 9.59 Å². The Morgan fingerprint density at radius 1 is 1.17 bits per heavy atom. The summed E-state index contributed by atoms with van der Waals surface area (Å²) in [4.78, 5) is 32.0. The second-order valence-electron chi connectivity index (χ2n) is 7.29. The average molecular weight is 409 g/mol. The van der Waals surface area contributed by atoms with Crippen LogP contribution in [0.2, 0.25) is 0 Å². The summed E-state index contributed by atoms with van der Waals surface area (Å²) in [7, 11) is 0. The van der Waals surface area contributed by atoms with E-state index in [0.717, 1.165) is 35.4 Å². The van der Waals surface area contributed by atoms with Crippen LogP contribution in [0.3, 0.4) is 0 Å². The molecule has 0 aliphatic carbocycles. The molecule has 6 nitrogen and oxygen atoms in total. The first kappa shape index (κ1) is 19.4. The minimum atomic E-state index is -0.159. The van der Waals surface area contributed by atoms with Gasteiger partial charge in [-0.1, -0.05) is 30.3 Å². The third-order valence-electron chi connectivity index (χ3n) is 5.29. The lowest BCUT2D eigenvalue weighted by atomic mass is 9.96. The van der Waals surface area contributed by atoms with E-state index in [4.69, 9.17) is 0 Å². The number of nitrogens with one attached hydrogen (secondary N) is 1. The Kier molecular flexibility index (Phi) is 6.05. The van der Waals surface area contributed by atoms with Crippen molar-refractivity contribution in [3.8, 4) is 0 Å². The van der Waals surface area contributed by atoms with Crippen LogP contribution in [-0.4, -0.2) is 39.4 Å². The van der Waals surface area contributed by atoms with Crippen molar-refractivity contribution in [2.45, 2.75) is 25.9 Å². The highest BCUT2D eigenvalue weighted by Gasteiger charge is 2.29. The summed E-state index contributed by atoms with van der Waals surface area (Å²) in [6.07, 6.45) is 7.15. The summed E-state index contributed by atoms with van der Waals surface area (Å²) < 4.78 is 2.01. The van der Waals surface area contributed by atoms with Crippen LogP contribution in [0.15, 0.2) is 60.5 Å². The summed E-state index contributed by atoms with van der Waals surface area (Å²) in [5.41, 5.74) is 2.25. The van der Waals surface area contributed by atoms with E-state index in [9.17, 15) is 9.59 Å². The van der Waals surface area contributed by atoms with Crippen LogP contribution in [0, 0.1) is 5.92 Å². The molecule has 1 N–H and O–H groups in total. The van der Waals surface area contributed by atoms with Gasteiger partial charge in [0.15, 0.2) is 0 Å². The Bertz CT molecular complexity index is 953. The lowest BCUT2D eigenvalue weighted by Gasteiger charge is -2.31. The molecule has 3 heterocycles. The molecule has 2 amide bonds. The van der Waals surface area contributed by atoms with Crippen LogP contribution in [0.25, 0.3) is 0 Å². The third kappa shape index (κ3) is 4.74. The van der Waals surface area contributed by atoms with Crippen LogP contribution in [0.4, 0.5) is 0 Å². The van der Waals surface area contributed by atoms with Gasteiger partial charge < -0.3 is 14.8 Å². The molecule has 1 atom stereocenters. The SMILES string of the molecule is O=C(NCc1ccccc1Cn1ccnc1)C1CCCN(C(=O)c2cccs2)C1. The lowest BCUT2D eigenvalue weighted by molar-refractivity contribution is -0.126. The van der Waals surface area contributed by atoms with E-state index in [1.165, 1.54) is 11.3 Å². The number of carbonyl (C=O) groups is 2. The van der Waals surface area contributed by atoms with E-state index in [0.29, 0.717) is 19.6 Å². The normalized spacial score (nSPS) is 16.6. The number of nitrogens with zero attached hydrogens (tertiary/aromatic N) is 3. The molecule has 0 saturated carbocycles. The van der Waals surface area contributed by atoms with E-state index >= 15 is 0 Å². The molecular formula is C22H24N4O2S. The predicted molar refractivity (Wildman–Crippen MR) is 113 cm³/mol. The van der Waals surface area contributed by atoms with Crippen LogP contribution >= 0.6 is 11.3 Å². The van der Waals surface area contributed by atoms with E-state index in [2.05, 4.69) is 16.4 Å². The highest BCUT2D eigenvalue weighted by Crippen LogP contribution is 2.21. The maximum absolute atomic E-state index is 12.8. The largest absolute Gasteiger partial charge is 0.352 e. The lowest BCUT2D eigenvalue weighted by Crippen LogP contribution is -2.45. The van der Waals surface area contributed by atoms with Crippen LogP contribution in [0.5, 0.6) is 0 Å². The number of rotatable bonds is 6. The second-order valence-corrected chi connectivity index (χ2v) is 8.24. The Hall–Kier alpha value is -2.93. The van der Waals surface area contributed by atoms with Crippen LogP contribution < -0.4 is 5.32 Å². The van der Waals surface area contributed by atoms with Gasteiger partial charge in [0, 0.05) is 38.6 Å². The molecule has 0 spiro atoms.